The second kappa shape index (κ2) is 6.87. The third-order valence-electron chi connectivity index (χ3n) is 3.17. The fourth-order valence-electron chi connectivity index (χ4n) is 2.21. The summed E-state index contributed by atoms with van der Waals surface area (Å²) in [6.45, 7) is 6.56. The van der Waals surface area contributed by atoms with Gasteiger partial charge in [0.15, 0.2) is 0 Å². The summed E-state index contributed by atoms with van der Waals surface area (Å²) in [6.07, 6.45) is 3.92. The Labute approximate surface area is 122 Å². The van der Waals surface area contributed by atoms with Gasteiger partial charge in [-0.2, -0.15) is 17.0 Å². The average Bonchev–Trinajstić information content (AvgIpc) is 2.54. The van der Waals surface area contributed by atoms with Crippen molar-refractivity contribution >= 4 is 16.1 Å². The second-order valence-corrected chi connectivity index (χ2v) is 8.41. The van der Waals surface area contributed by atoms with Crippen molar-refractivity contribution in [2.45, 2.75) is 52.0 Å². The number of nitrogens with zero attached hydrogens (tertiary/aromatic N) is 2. The lowest BCUT2D eigenvalue weighted by molar-refractivity contribution is -0.122. The average molecular weight is 305 g/mol. The summed E-state index contributed by atoms with van der Waals surface area (Å²) in [6, 6.07) is 0. The lowest BCUT2D eigenvalue weighted by Crippen LogP contribution is -2.49. The van der Waals surface area contributed by atoms with Crippen molar-refractivity contribution in [2.75, 3.05) is 26.7 Å². The predicted octanol–water partition coefficient (Wildman–Crippen LogP) is 0.954. The number of hydrogen-bond acceptors (Lipinski definition) is 3. The van der Waals surface area contributed by atoms with Gasteiger partial charge in [-0.3, -0.25) is 4.79 Å². The molecule has 0 bridgehead atoms. The van der Waals surface area contributed by atoms with Gasteiger partial charge >= 0.3 is 0 Å². The van der Waals surface area contributed by atoms with Crippen LogP contribution in [0.5, 0.6) is 0 Å². The van der Waals surface area contributed by atoms with Crippen LogP contribution < -0.4 is 5.32 Å². The van der Waals surface area contributed by atoms with Gasteiger partial charge in [-0.15, -0.1) is 0 Å². The van der Waals surface area contributed by atoms with Crippen molar-refractivity contribution in [2.24, 2.45) is 0 Å². The lowest BCUT2D eigenvalue weighted by atomic mass is 10.1. The molecule has 7 heteroatoms. The fourth-order valence-corrected chi connectivity index (χ4v) is 3.61. The van der Waals surface area contributed by atoms with Crippen LogP contribution in [0.25, 0.3) is 0 Å². The van der Waals surface area contributed by atoms with Crippen LogP contribution in [0.15, 0.2) is 0 Å². The minimum Gasteiger partial charge on any atom is -0.350 e. The number of nitrogens with one attached hydrogen (secondary N) is 1. The normalized spacial score (nSPS) is 18.9. The molecule has 0 aliphatic carbocycles. The summed E-state index contributed by atoms with van der Waals surface area (Å²) < 4.78 is 27.5. The molecule has 1 aliphatic heterocycles. The minimum absolute atomic E-state index is 0.143. The van der Waals surface area contributed by atoms with Gasteiger partial charge in [0.05, 0.1) is 6.54 Å². The third kappa shape index (κ3) is 5.38. The summed E-state index contributed by atoms with van der Waals surface area (Å²) in [4.78, 5) is 11.8. The van der Waals surface area contributed by atoms with Gasteiger partial charge < -0.3 is 5.32 Å². The summed E-state index contributed by atoms with van der Waals surface area (Å²) >= 11 is 0. The molecule has 0 aromatic carbocycles. The van der Waals surface area contributed by atoms with Crippen molar-refractivity contribution in [3.63, 3.8) is 0 Å². The van der Waals surface area contributed by atoms with Gasteiger partial charge in [-0.05, 0) is 33.6 Å². The zero-order chi connectivity index (χ0) is 15.4. The van der Waals surface area contributed by atoms with Gasteiger partial charge in [-0.1, -0.05) is 12.8 Å². The van der Waals surface area contributed by atoms with Gasteiger partial charge in [0, 0.05) is 25.7 Å². The Kier molecular flexibility index (Phi) is 5.97. The van der Waals surface area contributed by atoms with Crippen LogP contribution in [0.1, 0.15) is 46.5 Å². The van der Waals surface area contributed by atoms with Crippen LogP contribution in [0.2, 0.25) is 0 Å². The molecule has 1 saturated heterocycles. The highest BCUT2D eigenvalue weighted by atomic mass is 32.2. The number of carbonyl (C=O) groups is 1. The van der Waals surface area contributed by atoms with Gasteiger partial charge in [0.25, 0.3) is 10.2 Å². The first kappa shape index (κ1) is 17.4. The van der Waals surface area contributed by atoms with Crippen molar-refractivity contribution in [3.05, 3.63) is 0 Å². The molecule has 6 nitrogen and oxygen atoms in total. The summed E-state index contributed by atoms with van der Waals surface area (Å²) in [5.74, 6) is -0.279. The Hall–Kier alpha value is -0.660. The number of hydrogen-bond donors (Lipinski definition) is 1. The molecule has 0 unspecified atom stereocenters. The highest BCUT2D eigenvalue weighted by Crippen LogP contribution is 2.15. The molecule has 0 saturated carbocycles. The molecule has 1 aliphatic rings. The lowest BCUT2D eigenvalue weighted by Gasteiger charge is -2.27. The molecule has 0 atom stereocenters. The molecular weight excluding hydrogens is 278 g/mol. The van der Waals surface area contributed by atoms with Gasteiger partial charge in [-0.25, -0.2) is 0 Å². The van der Waals surface area contributed by atoms with E-state index in [1.807, 2.05) is 20.8 Å². The molecular formula is C13H27N3O3S. The first-order valence-electron chi connectivity index (χ1n) is 7.15. The number of rotatable bonds is 4. The van der Waals surface area contributed by atoms with Crippen molar-refractivity contribution in [1.82, 2.24) is 13.9 Å². The maximum Gasteiger partial charge on any atom is 0.282 e. The first-order chi connectivity index (χ1) is 9.13. The van der Waals surface area contributed by atoms with Crippen molar-refractivity contribution in [1.29, 1.82) is 0 Å². The standard InChI is InChI=1S/C13H27N3O3S/c1-13(2,3)14-12(17)11-15(4)20(18,19)16-9-7-5-6-8-10-16/h5-11H2,1-4H3,(H,14,17). The monoisotopic (exact) mass is 305 g/mol. The van der Waals surface area contributed by atoms with Crippen LogP contribution in [0.3, 0.4) is 0 Å². The number of amides is 1. The van der Waals surface area contributed by atoms with E-state index in [9.17, 15) is 13.2 Å². The van der Waals surface area contributed by atoms with Crippen LogP contribution >= 0.6 is 0 Å². The van der Waals surface area contributed by atoms with E-state index in [1.165, 1.54) is 11.4 Å². The van der Waals surface area contributed by atoms with Gasteiger partial charge in [0.2, 0.25) is 5.91 Å². The van der Waals surface area contributed by atoms with E-state index in [0.29, 0.717) is 13.1 Å². The van der Waals surface area contributed by atoms with E-state index >= 15 is 0 Å². The van der Waals surface area contributed by atoms with E-state index in [-0.39, 0.29) is 18.0 Å². The Balaban J connectivity index is 2.64. The van der Waals surface area contributed by atoms with Crippen LogP contribution in [0.4, 0.5) is 0 Å². The van der Waals surface area contributed by atoms with E-state index < -0.39 is 10.2 Å². The minimum atomic E-state index is -3.53. The third-order valence-corrected chi connectivity index (χ3v) is 5.10. The first-order valence-corrected chi connectivity index (χ1v) is 8.55. The van der Waals surface area contributed by atoms with E-state index in [2.05, 4.69) is 5.32 Å². The number of carbonyl (C=O) groups excluding carboxylic acids is 1. The molecule has 0 aromatic heterocycles. The van der Waals surface area contributed by atoms with Crippen molar-refractivity contribution < 1.29 is 13.2 Å². The van der Waals surface area contributed by atoms with E-state index in [4.69, 9.17) is 0 Å². The Bertz CT molecular complexity index is 421. The molecule has 20 heavy (non-hydrogen) atoms. The van der Waals surface area contributed by atoms with E-state index in [0.717, 1.165) is 30.0 Å². The molecule has 1 fully saturated rings. The zero-order valence-electron chi connectivity index (χ0n) is 13.0. The highest BCUT2D eigenvalue weighted by Gasteiger charge is 2.29. The van der Waals surface area contributed by atoms with Gasteiger partial charge in [0.1, 0.15) is 0 Å². The molecule has 0 aromatic rings. The molecule has 1 N–H and O–H groups in total. The second-order valence-electron chi connectivity index (χ2n) is 6.38. The molecule has 0 spiro atoms. The Morgan fingerprint density at radius 3 is 2.10 bits per heavy atom. The SMILES string of the molecule is CN(CC(=O)NC(C)(C)C)S(=O)(=O)N1CCCCCC1. The molecule has 1 heterocycles. The van der Waals surface area contributed by atoms with Crippen LogP contribution in [0, 0.1) is 0 Å². The molecule has 0 radical (unpaired) electrons. The molecule has 1 amide bonds. The van der Waals surface area contributed by atoms with Crippen LogP contribution in [-0.4, -0.2) is 55.2 Å². The predicted molar refractivity (Wildman–Crippen MR) is 79.5 cm³/mol. The highest BCUT2D eigenvalue weighted by molar-refractivity contribution is 7.86. The molecule has 118 valence electrons. The Morgan fingerprint density at radius 2 is 1.65 bits per heavy atom. The summed E-state index contributed by atoms with van der Waals surface area (Å²) in [5, 5.41) is 2.77. The quantitative estimate of drug-likeness (QED) is 0.841. The topological polar surface area (TPSA) is 69.7 Å². The summed E-state index contributed by atoms with van der Waals surface area (Å²) in [5.41, 5.74) is -0.357. The fraction of sp³-hybridized carbons (Fsp3) is 0.923. The smallest absolute Gasteiger partial charge is 0.282 e. The van der Waals surface area contributed by atoms with Crippen molar-refractivity contribution in [3.8, 4) is 0 Å². The van der Waals surface area contributed by atoms with Crippen LogP contribution in [-0.2, 0) is 15.0 Å². The number of likely N-dealkylation sites (N-methyl/N-ethyl adjacent to an activating group) is 1. The maximum absolute atomic E-state index is 12.4. The molecule has 1 rings (SSSR count). The largest absolute Gasteiger partial charge is 0.350 e. The maximum atomic E-state index is 12.4. The Morgan fingerprint density at radius 1 is 1.15 bits per heavy atom. The zero-order valence-corrected chi connectivity index (χ0v) is 13.8. The summed E-state index contributed by atoms with van der Waals surface area (Å²) in [7, 11) is -2.07. The van der Waals surface area contributed by atoms with E-state index in [1.54, 1.807) is 0 Å².